The topological polar surface area (TPSA) is 145 Å². The summed E-state index contributed by atoms with van der Waals surface area (Å²) in [5.41, 5.74) is -2.73. The van der Waals surface area contributed by atoms with Crippen LogP contribution in [0.15, 0.2) is 136 Å². The van der Waals surface area contributed by atoms with Crippen molar-refractivity contribution in [3.63, 3.8) is 0 Å². The van der Waals surface area contributed by atoms with E-state index >= 15 is 0 Å². The van der Waals surface area contributed by atoms with E-state index in [0.717, 1.165) is 39.4 Å². The quantitative estimate of drug-likeness (QED) is 0.0712. The highest BCUT2D eigenvalue weighted by Gasteiger charge is 2.48. The summed E-state index contributed by atoms with van der Waals surface area (Å²) < 4.78 is 96.3. The first-order valence-corrected chi connectivity index (χ1v) is 23.4. The van der Waals surface area contributed by atoms with E-state index in [1.54, 1.807) is 19.2 Å². The van der Waals surface area contributed by atoms with E-state index in [1.807, 2.05) is 83.6 Å². The Balaban J connectivity index is 1.13. The van der Waals surface area contributed by atoms with Crippen LogP contribution in [-0.2, 0) is 19.9 Å². The van der Waals surface area contributed by atoms with Gasteiger partial charge in [-0.15, -0.1) is 11.8 Å². The summed E-state index contributed by atoms with van der Waals surface area (Å²) in [5, 5.41) is 18.0. The summed E-state index contributed by atoms with van der Waals surface area (Å²) >= 11 is 7.50. The van der Waals surface area contributed by atoms with Gasteiger partial charge in [-0.2, -0.15) is 13.2 Å². The van der Waals surface area contributed by atoms with Crippen LogP contribution in [-0.4, -0.2) is 71.8 Å². The average Bonchev–Trinajstić information content (AvgIpc) is 3.24. The summed E-state index contributed by atoms with van der Waals surface area (Å²) in [6, 6.07) is 32.4. The van der Waals surface area contributed by atoms with Crippen LogP contribution in [0.2, 0.25) is 5.02 Å². The number of sulfone groups is 1. The van der Waals surface area contributed by atoms with Crippen LogP contribution in [0.4, 0.5) is 24.5 Å². The molecule has 0 aliphatic carbocycles. The van der Waals surface area contributed by atoms with Crippen LogP contribution in [0.1, 0.15) is 41.3 Å². The van der Waals surface area contributed by atoms with Crippen molar-refractivity contribution in [2.45, 2.75) is 51.6 Å². The van der Waals surface area contributed by atoms with Crippen molar-refractivity contribution in [2.24, 2.45) is 5.92 Å². The van der Waals surface area contributed by atoms with Crippen LogP contribution >= 0.6 is 23.4 Å². The summed E-state index contributed by atoms with van der Waals surface area (Å²) in [6.45, 7) is 1.68. The van der Waals surface area contributed by atoms with Crippen LogP contribution in [0, 0.1) is 5.92 Å². The molecule has 1 aliphatic rings. The van der Waals surface area contributed by atoms with E-state index in [1.165, 1.54) is 23.9 Å². The molecule has 1 heterocycles. The van der Waals surface area contributed by atoms with Crippen molar-refractivity contribution in [1.29, 1.82) is 0 Å². The monoisotopic (exact) mass is 900 g/mol. The molecule has 4 N–H and O–H groups in total. The maximum atomic E-state index is 14.0. The molecule has 60 heavy (non-hydrogen) atoms. The molecule has 1 amide bonds. The number of carbonyl (C=O) groups is 1. The first-order valence-electron chi connectivity index (χ1n) is 19.1. The molecule has 5 aromatic rings. The van der Waals surface area contributed by atoms with Gasteiger partial charge in [-0.05, 0) is 122 Å². The number of hydrogen-bond donors (Lipinski definition) is 4. The summed E-state index contributed by atoms with van der Waals surface area (Å²) in [4.78, 5) is 14.1. The number of piperidine rings is 1. The first kappa shape index (κ1) is 45.0. The Morgan fingerprint density at radius 2 is 1.53 bits per heavy atom. The van der Waals surface area contributed by atoms with Crippen molar-refractivity contribution in [2.75, 3.05) is 42.7 Å². The number of sulfonamides is 1. The number of thioether (sulfide) groups is 1. The number of nitrogens with zero attached hydrogens (tertiary/aromatic N) is 1. The molecule has 1 saturated heterocycles. The predicted molar refractivity (Wildman–Crippen MR) is 231 cm³/mol. The largest absolute Gasteiger partial charge is 0.501 e. The molecule has 0 radical (unpaired) electrons. The molecule has 10 nitrogen and oxygen atoms in total. The molecule has 1 aliphatic heterocycles. The molecule has 1 fully saturated rings. The molecule has 0 unspecified atom stereocenters. The standard InChI is InChI=1S/C43H44ClF3N4O6S3/c1-48-24-21-33(28-58-35-7-3-2-4-8-35)49-39-20-19-36(27-40(39)59(54,55)43(45,46)47)60(56,57)50-42(53)31-13-17-34(18-14-31)51-25-22-30(23-26-51)41(52)38-10-6-5-9-37(38)29-11-15-32(44)16-12-29/h2-20,27,30,33,41,48-49,52H,21-26,28H2,1H3,(H,50,53)/t33-,41+/m1/s1. The smallest absolute Gasteiger partial charge is 0.388 e. The van der Waals surface area contributed by atoms with Gasteiger partial charge in [0, 0.05) is 46.1 Å². The van der Waals surface area contributed by atoms with Gasteiger partial charge < -0.3 is 20.6 Å². The minimum atomic E-state index is -6.04. The average molecular weight is 901 g/mol. The second-order valence-corrected chi connectivity index (χ2v) is 19.4. The Morgan fingerprint density at radius 1 is 0.883 bits per heavy atom. The minimum Gasteiger partial charge on any atom is -0.388 e. The number of amides is 1. The van der Waals surface area contributed by atoms with E-state index in [-0.39, 0.29) is 11.5 Å². The van der Waals surface area contributed by atoms with E-state index in [0.29, 0.717) is 55.7 Å². The third kappa shape index (κ3) is 10.8. The summed E-state index contributed by atoms with van der Waals surface area (Å²) in [7, 11) is -9.19. The molecule has 0 spiro atoms. The van der Waals surface area contributed by atoms with E-state index in [2.05, 4.69) is 15.5 Å². The molecule has 0 saturated carbocycles. The van der Waals surface area contributed by atoms with Gasteiger partial charge in [0.2, 0.25) is 0 Å². The van der Waals surface area contributed by atoms with Crippen molar-refractivity contribution in [1.82, 2.24) is 10.0 Å². The fourth-order valence-corrected chi connectivity index (χ4v) is 10.2. The fraction of sp³-hybridized carbons (Fsp3) is 0.279. The number of aliphatic hydroxyl groups excluding tert-OH is 1. The normalized spacial score (nSPS) is 15.0. The number of rotatable bonds is 16. The maximum Gasteiger partial charge on any atom is 0.501 e. The zero-order valence-corrected chi connectivity index (χ0v) is 35.6. The highest BCUT2D eigenvalue weighted by Crippen LogP contribution is 2.39. The van der Waals surface area contributed by atoms with Gasteiger partial charge in [-0.25, -0.2) is 21.6 Å². The number of benzene rings is 5. The Morgan fingerprint density at radius 3 is 2.18 bits per heavy atom. The van der Waals surface area contributed by atoms with Gasteiger partial charge in [0.1, 0.15) is 4.90 Å². The molecule has 318 valence electrons. The lowest BCUT2D eigenvalue weighted by atomic mass is 9.84. The number of nitrogens with one attached hydrogen (secondary N) is 3. The number of carbonyl (C=O) groups excluding carboxylic acids is 1. The molecule has 0 bridgehead atoms. The fourth-order valence-electron chi connectivity index (χ4n) is 7.02. The van der Waals surface area contributed by atoms with Gasteiger partial charge in [0.25, 0.3) is 25.8 Å². The lowest BCUT2D eigenvalue weighted by molar-refractivity contribution is -0.0435. The van der Waals surface area contributed by atoms with Gasteiger partial charge in [0.15, 0.2) is 0 Å². The summed E-state index contributed by atoms with van der Waals surface area (Å²) in [5.74, 6) is -0.718. The SMILES string of the molecule is CNCC[C@H](CSc1ccccc1)Nc1ccc(S(=O)(=O)NC(=O)c2ccc(N3CCC([C@H](O)c4ccccc4-c4ccc(Cl)cc4)CC3)cc2)cc1S(=O)(=O)C(F)(F)F. The second kappa shape index (κ2) is 19.4. The second-order valence-electron chi connectivity index (χ2n) is 14.3. The number of hydrogen-bond acceptors (Lipinski definition) is 10. The van der Waals surface area contributed by atoms with Crippen LogP contribution in [0.3, 0.4) is 0 Å². The molecule has 5 aromatic carbocycles. The van der Waals surface area contributed by atoms with Gasteiger partial charge in [-0.1, -0.05) is 66.2 Å². The van der Waals surface area contributed by atoms with Crippen molar-refractivity contribution < 1.29 is 39.9 Å². The van der Waals surface area contributed by atoms with E-state index in [9.17, 15) is 39.9 Å². The van der Waals surface area contributed by atoms with Crippen LogP contribution in [0.25, 0.3) is 11.1 Å². The lowest BCUT2D eigenvalue weighted by Crippen LogP contribution is -2.36. The van der Waals surface area contributed by atoms with Crippen molar-refractivity contribution in [3.8, 4) is 11.1 Å². The third-order valence-corrected chi connectivity index (χ3v) is 14.6. The zero-order valence-electron chi connectivity index (χ0n) is 32.4. The molecular formula is C43H44ClF3N4O6S3. The number of halogens is 4. The Bertz CT molecular complexity index is 2470. The van der Waals surface area contributed by atoms with Gasteiger partial charge >= 0.3 is 5.51 Å². The molecule has 6 rings (SSSR count). The molecule has 17 heteroatoms. The highest BCUT2D eigenvalue weighted by molar-refractivity contribution is 7.99. The molecule has 2 atom stereocenters. The van der Waals surface area contributed by atoms with Gasteiger partial charge in [-0.3, -0.25) is 4.79 Å². The van der Waals surface area contributed by atoms with E-state index in [4.69, 9.17) is 11.6 Å². The molecular weight excluding hydrogens is 857 g/mol. The Hall–Kier alpha value is -4.58. The van der Waals surface area contributed by atoms with E-state index < -0.39 is 58.9 Å². The van der Waals surface area contributed by atoms with Crippen molar-refractivity contribution in [3.05, 3.63) is 137 Å². The number of aliphatic hydroxyl groups is 1. The third-order valence-electron chi connectivity index (χ3n) is 10.3. The zero-order chi connectivity index (χ0) is 43.1. The number of alkyl halides is 3. The maximum absolute atomic E-state index is 14.0. The van der Waals surface area contributed by atoms with Crippen molar-refractivity contribution >= 4 is 60.5 Å². The first-order chi connectivity index (χ1) is 28.6. The lowest BCUT2D eigenvalue weighted by Gasteiger charge is -2.36. The highest BCUT2D eigenvalue weighted by atomic mass is 35.5. The molecule has 0 aromatic heterocycles. The summed E-state index contributed by atoms with van der Waals surface area (Å²) in [6.07, 6.45) is 1.06. The Kier molecular flexibility index (Phi) is 14.6. The minimum absolute atomic E-state index is 0.0140. The van der Waals surface area contributed by atoms with Crippen LogP contribution in [0.5, 0.6) is 0 Å². The predicted octanol–water partition coefficient (Wildman–Crippen LogP) is 8.55. The Labute approximate surface area is 357 Å². The van der Waals surface area contributed by atoms with Crippen LogP contribution < -0.4 is 20.3 Å². The number of anilines is 2. The van der Waals surface area contributed by atoms with Gasteiger partial charge in [0.05, 0.1) is 16.7 Å².